The molecule has 8 nitrogen and oxygen atoms in total. The van der Waals surface area contributed by atoms with E-state index in [9.17, 15) is 18.8 Å². The van der Waals surface area contributed by atoms with E-state index in [0.29, 0.717) is 18.5 Å². The minimum Gasteiger partial charge on any atom is -0.494 e. The average molecular weight is 390 g/mol. The number of carbonyl (C=O) groups is 1. The summed E-state index contributed by atoms with van der Waals surface area (Å²) >= 11 is 0. The number of carbonyl (C=O) groups excluding carboxylic acids is 1. The number of nitrogen functional groups attached to an aromatic ring is 1. The van der Waals surface area contributed by atoms with Gasteiger partial charge in [-0.2, -0.15) is 0 Å². The van der Waals surface area contributed by atoms with E-state index in [0.717, 1.165) is 11.3 Å². The molecular weight excluding hydrogens is 367 g/mol. The van der Waals surface area contributed by atoms with Crippen molar-refractivity contribution in [2.45, 2.75) is 26.3 Å². The Labute approximate surface area is 161 Å². The number of anilines is 2. The number of amides is 1. The van der Waals surface area contributed by atoms with E-state index in [1.165, 1.54) is 43.0 Å². The molecule has 0 fully saturated rings. The van der Waals surface area contributed by atoms with Crippen LogP contribution in [0.5, 0.6) is 5.75 Å². The molecule has 2 aromatic rings. The summed E-state index contributed by atoms with van der Waals surface area (Å²) in [4.78, 5) is 39.9. The van der Waals surface area contributed by atoms with Crippen molar-refractivity contribution in [3.63, 3.8) is 0 Å². The molecule has 0 unspecified atom stereocenters. The van der Waals surface area contributed by atoms with Crippen molar-refractivity contribution in [3.05, 3.63) is 56.5 Å². The Bertz CT molecular complexity index is 1010. The molecule has 0 saturated carbocycles. The van der Waals surface area contributed by atoms with Gasteiger partial charge in [0.15, 0.2) is 17.3 Å². The molecule has 0 spiro atoms. The second-order valence-corrected chi connectivity index (χ2v) is 6.12. The van der Waals surface area contributed by atoms with Crippen LogP contribution in [-0.4, -0.2) is 29.6 Å². The summed E-state index contributed by atoms with van der Waals surface area (Å²) in [5, 5.41) is 0. The van der Waals surface area contributed by atoms with Crippen LogP contribution >= 0.6 is 0 Å². The summed E-state index contributed by atoms with van der Waals surface area (Å²) in [6, 6.07) is 4.24. The molecule has 2 rings (SSSR count). The highest BCUT2D eigenvalue weighted by atomic mass is 19.1. The quantitative estimate of drug-likeness (QED) is 0.700. The second-order valence-electron chi connectivity index (χ2n) is 6.12. The molecule has 0 aliphatic carbocycles. The van der Waals surface area contributed by atoms with Gasteiger partial charge in [0, 0.05) is 19.7 Å². The first-order valence-electron chi connectivity index (χ1n) is 8.72. The molecule has 1 aromatic carbocycles. The van der Waals surface area contributed by atoms with E-state index in [2.05, 4.69) is 4.98 Å². The third-order valence-electron chi connectivity index (χ3n) is 4.21. The number of benzene rings is 1. The first-order chi connectivity index (χ1) is 13.3. The molecule has 1 amide bonds. The van der Waals surface area contributed by atoms with E-state index < -0.39 is 23.0 Å². The number of hydrogen-bond acceptors (Lipinski definition) is 5. The SMILES string of the molecule is CCCCn1c(N)c(N(C)C(=O)/C=C/c2ccc(OC)c(F)c2)c(=O)[nH]c1=O. The summed E-state index contributed by atoms with van der Waals surface area (Å²) in [6.45, 7) is 2.28. The third kappa shape index (κ3) is 4.48. The van der Waals surface area contributed by atoms with Gasteiger partial charge in [0.1, 0.15) is 5.82 Å². The van der Waals surface area contributed by atoms with Crippen molar-refractivity contribution in [1.82, 2.24) is 9.55 Å². The summed E-state index contributed by atoms with van der Waals surface area (Å²) in [6.07, 6.45) is 4.10. The molecule has 3 N–H and O–H groups in total. The van der Waals surface area contributed by atoms with Crippen LogP contribution in [-0.2, 0) is 11.3 Å². The maximum absolute atomic E-state index is 13.7. The zero-order valence-corrected chi connectivity index (χ0v) is 16.0. The monoisotopic (exact) mass is 390 g/mol. The number of likely N-dealkylation sites (N-methyl/N-ethyl adjacent to an activating group) is 1. The van der Waals surface area contributed by atoms with Gasteiger partial charge in [-0.15, -0.1) is 0 Å². The van der Waals surface area contributed by atoms with Gasteiger partial charge >= 0.3 is 5.69 Å². The van der Waals surface area contributed by atoms with Gasteiger partial charge in [0.05, 0.1) is 7.11 Å². The topological polar surface area (TPSA) is 110 Å². The molecule has 0 saturated heterocycles. The maximum Gasteiger partial charge on any atom is 0.330 e. The van der Waals surface area contributed by atoms with Crippen molar-refractivity contribution in [1.29, 1.82) is 0 Å². The number of nitrogens with one attached hydrogen (secondary N) is 1. The first-order valence-corrected chi connectivity index (χ1v) is 8.72. The fourth-order valence-corrected chi connectivity index (χ4v) is 2.62. The lowest BCUT2D eigenvalue weighted by atomic mass is 10.2. The minimum atomic E-state index is -0.755. The van der Waals surface area contributed by atoms with E-state index in [1.54, 1.807) is 6.07 Å². The molecule has 28 heavy (non-hydrogen) atoms. The molecule has 0 radical (unpaired) electrons. The van der Waals surface area contributed by atoms with Gasteiger partial charge < -0.3 is 15.4 Å². The van der Waals surface area contributed by atoms with Gasteiger partial charge in [-0.1, -0.05) is 19.4 Å². The van der Waals surface area contributed by atoms with Crippen molar-refractivity contribution >= 4 is 23.5 Å². The van der Waals surface area contributed by atoms with Crippen molar-refractivity contribution < 1.29 is 13.9 Å². The zero-order chi connectivity index (χ0) is 20.8. The van der Waals surface area contributed by atoms with Gasteiger partial charge in [-0.3, -0.25) is 19.1 Å². The van der Waals surface area contributed by atoms with Crippen LogP contribution in [0.2, 0.25) is 0 Å². The van der Waals surface area contributed by atoms with Crippen LogP contribution in [0.1, 0.15) is 25.3 Å². The van der Waals surface area contributed by atoms with Crippen LogP contribution in [0.3, 0.4) is 0 Å². The number of aromatic amines is 1. The van der Waals surface area contributed by atoms with Gasteiger partial charge in [0.2, 0.25) is 0 Å². The summed E-state index contributed by atoms with van der Waals surface area (Å²) in [5.41, 5.74) is 4.93. The summed E-state index contributed by atoms with van der Waals surface area (Å²) in [5.74, 6) is -1.11. The van der Waals surface area contributed by atoms with E-state index in [1.807, 2.05) is 6.92 Å². The number of ether oxygens (including phenoxy) is 1. The number of halogens is 1. The van der Waals surface area contributed by atoms with E-state index in [-0.39, 0.29) is 17.3 Å². The molecular formula is C19H23FN4O4. The van der Waals surface area contributed by atoms with Crippen molar-refractivity contribution in [2.75, 3.05) is 24.8 Å². The minimum absolute atomic E-state index is 0.0815. The number of hydrogen-bond donors (Lipinski definition) is 2. The van der Waals surface area contributed by atoms with Crippen LogP contribution in [0.4, 0.5) is 15.9 Å². The van der Waals surface area contributed by atoms with Crippen LogP contribution in [0.15, 0.2) is 33.9 Å². The molecule has 0 aliphatic rings. The Kier molecular flexibility index (Phi) is 6.75. The highest BCUT2D eigenvalue weighted by molar-refractivity contribution is 6.04. The standard InChI is InChI=1S/C19H23FN4O4/c1-4-5-10-24-17(21)16(18(26)22-19(24)27)23(2)15(25)9-7-12-6-8-14(28-3)13(20)11-12/h6-9,11H,4-5,10,21H2,1-3H3,(H,22,26,27)/b9-7+. The number of methoxy groups -OCH3 is 1. The highest BCUT2D eigenvalue weighted by Gasteiger charge is 2.19. The second kappa shape index (κ2) is 9.03. The van der Waals surface area contributed by atoms with E-state index in [4.69, 9.17) is 10.5 Å². The third-order valence-corrected chi connectivity index (χ3v) is 4.21. The number of H-pyrrole nitrogens is 1. The maximum atomic E-state index is 13.7. The lowest BCUT2D eigenvalue weighted by Gasteiger charge is -2.19. The van der Waals surface area contributed by atoms with Crippen molar-refractivity contribution in [2.24, 2.45) is 0 Å². The molecule has 0 aliphatic heterocycles. The number of aromatic nitrogens is 2. The number of rotatable bonds is 7. The van der Waals surface area contributed by atoms with Crippen LogP contribution in [0, 0.1) is 5.82 Å². The number of nitrogens with two attached hydrogens (primary N) is 1. The Morgan fingerprint density at radius 3 is 2.71 bits per heavy atom. The fourth-order valence-electron chi connectivity index (χ4n) is 2.62. The molecule has 9 heteroatoms. The summed E-state index contributed by atoms with van der Waals surface area (Å²) in [7, 11) is 2.73. The molecule has 1 aromatic heterocycles. The van der Waals surface area contributed by atoms with Crippen LogP contribution < -0.4 is 26.6 Å². The lowest BCUT2D eigenvalue weighted by molar-refractivity contribution is -0.113. The van der Waals surface area contributed by atoms with E-state index >= 15 is 0 Å². The molecule has 0 bridgehead atoms. The number of nitrogens with zero attached hydrogens (tertiary/aromatic N) is 2. The van der Waals surface area contributed by atoms with Crippen LogP contribution in [0.25, 0.3) is 6.08 Å². The fraction of sp³-hybridized carbons (Fsp3) is 0.316. The predicted octanol–water partition coefficient (Wildman–Crippen LogP) is 1.74. The largest absolute Gasteiger partial charge is 0.494 e. The Morgan fingerprint density at radius 1 is 1.39 bits per heavy atom. The summed E-state index contributed by atoms with van der Waals surface area (Å²) < 4.78 is 19.8. The molecule has 1 heterocycles. The van der Waals surface area contributed by atoms with Gasteiger partial charge in [0.25, 0.3) is 11.5 Å². The highest BCUT2D eigenvalue weighted by Crippen LogP contribution is 2.19. The number of unbranched alkanes of at least 4 members (excludes halogenated alkanes) is 1. The lowest BCUT2D eigenvalue weighted by Crippen LogP contribution is -2.38. The molecule has 0 atom stereocenters. The Morgan fingerprint density at radius 2 is 2.11 bits per heavy atom. The Hall–Kier alpha value is -3.36. The zero-order valence-electron chi connectivity index (χ0n) is 16.0. The van der Waals surface area contributed by atoms with Gasteiger partial charge in [-0.25, -0.2) is 9.18 Å². The molecule has 150 valence electrons. The first kappa shape index (κ1) is 20.9. The average Bonchev–Trinajstić information content (AvgIpc) is 2.65. The van der Waals surface area contributed by atoms with Gasteiger partial charge in [-0.05, 0) is 30.2 Å². The predicted molar refractivity (Wildman–Crippen MR) is 106 cm³/mol. The Balaban J connectivity index is 2.31. The smallest absolute Gasteiger partial charge is 0.330 e. The normalized spacial score (nSPS) is 11.0. The van der Waals surface area contributed by atoms with Crippen molar-refractivity contribution in [3.8, 4) is 5.75 Å².